The molecule has 1 spiro atoms. The van der Waals surface area contributed by atoms with Crippen LogP contribution in [-0.2, 0) is 16.1 Å². The molecular formula is C26H39N3O4. The third-order valence-electron chi connectivity index (χ3n) is 7.99. The van der Waals surface area contributed by atoms with Crippen LogP contribution >= 0.6 is 0 Å². The first kappa shape index (κ1) is 24.0. The van der Waals surface area contributed by atoms with Crippen molar-refractivity contribution in [2.24, 2.45) is 5.92 Å². The number of rotatable bonds is 7. The van der Waals surface area contributed by atoms with Crippen LogP contribution < -0.4 is 5.32 Å². The fraction of sp³-hybridized carbons (Fsp3) is 0.692. The number of aliphatic hydroxyl groups excluding tert-OH is 1. The fourth-order valence-corrected chi connectivity index (χ4v) is 5.90. The predicted octanol–water partition coefficient (Wildman–Crippen LogP) is 2.80. The normalized spacial score (nSPS) is 25.3. The van der Waals surface area contributed by atoms with Crippen molar-refractivity contribution in [2.75, 3.05) is 19.6 Å². The molecule has 4 rings (SSSR count). The first-order valence-corrected chi connectivity index (χ1v) is 12.8. The quantitative estimate of drug-likeness (QED) is 0.586. The summed E-state index contributed by atoms with van der Waals surface area (Å²) in [6.07, 6.45) is 7.37. The molecule has 7 nitrogen and oxygen atoms in total. The minimum Gasteiger partial charge on any atom is -0.508 e. The van der Waals surface area contributed by atoms with E-state index in [9.17, 15) is 19.8 Å². The molecule has 7 heteroatoms. The first-order chi connectivity index (χ1) is 15.9. The number of carbonyl (C=O) groups excluding carboxylic acids is 2. The molecule has 0 aromatic heterocycles. The Balaban J connectivity index is 1.47. The van der Waals surface area contributed by atoms with Crippen molar-refractivity contribution in [1.82, 2.24) is 15.1 Å². The van der Waals surface area contributed by atoms with E-state index in [1.807, 2.05) is 17.0 Å². The Labute approximate surface area is 197 Å². The maximum absolute atomic E-state index is 13.7. The molecule has 3 aliphatic rings. The lowest BCUT2D eigenvalue weighted by atomic mass is 9.78. The van der Waals surface area contributed by atoms with Crippen LogP contribution in [0.3, 0.4) is 0 Å². The van der Waals surface area contributed by atoms with Crippen molar-refractivity contribution >= 4 is 11.8 Å². The van der Waals surface area contributed by atoms with Gasteiger partial charge >= 0.3 is 0 Å². The molecule has 3 fully saturated rings. The largest absolute Gasteiger partial charge is 0.508 e. The zero-order valence-electron chi connectivity index (χ0n) is 19.8. The minimum absolute atomic E-state index is 0.0854. The number of hydrogen-bond acceptors (Lipinski definition) is 5. The minimum atomic E-state index is -0.821. The summed E-state index contributed by atoms with van der Waals surface area (Å²) in [5.41, 5.74) is 0.298. The van der Waals surface area contributed by atoms with Crippen LogP contribution in [0, 0.1) is 5.92 Å². The van der Waals surface area contributed by atoms with E-state index in [0.29, 0.717) is 19.4 Å². The highest BCUT2D eigenvalue weighted by atomic mass is 16.3. The zero-order valence-corrected chi connectivity index (χ0v) is 19.8. The van der Waals surface area contributed by atoms with Crippen molar-refractivity contribution in [3.63, 3.8) is 0 Å². The predicted molar refractivity (Wildman–Crippen MR) is 126 cm³/mol. The van der Waals surface area contributed by atoms with E-state index in [2.05, 4.69) is 17.1 Å². The molecule has 1 aromatic rings. The van der Waals surface area contributed by atoms with Gasteiger partial charge in [0.1, 0.15) is 17.3 Å². The van der Waals surface area contributed by atoms with Gasteiger partial charge in [0.2, 0.25) is 11.8 Å². The lowest BCUT2D eigenvalue weighted by molar-refractivity contribution is -0.166. The average Bonchev–Trinajstić information content (AvgIpc) is 2.84. The van der Waals surface area contributed by atoms with Gasteiger partial charge in [-0.25, -0.2) is 0 Å². The van der Waals surface area contributed by atoms with Crippen LogP contribution in [-0.4, -0.2) is 69.1 Å². The van der Waals surface area contributed by atoms with E-state index in [4.69, 9.17) is 0 Å². The molecule has 1 aromatic carbocycles. The van der Waals surface area contributed by atoms with Gasteiger partial charge in [-0.1, -0.05) is 44.7 Å². The summed E-state index contributed by atoms with van der Waals surface area (Å²) in [6, 6.07) is 6.40. The number of aromatic hydroxyl groups is 1. The summed E-state index contributed by atoms with van der Waals surface area (Å²) in [6.45, 7) is 4.86. The monoisotopic (exact) mass is 457 g/mol. The number of carbonyl (C=O) groups is 2. The Morgan fingerprint density at radius 2 is 1.76 bits per heavy atom. The molecule has 1 aliphatic carbocycles. The van der Waals surface area contributed by atoms with Crippen molar-refractivity contribution < 1.29 is 19.8 Å². The summed E-state index contributed by atoms with van der Waals surface area (Å²) < 4.78 is 0. The molecular weight excluding hydrogens is 418 g/mol. The number of nitrogens with one attached hydrogen (secondary N) is 1. The van der Waals surface area contributed by atoms with Gasteiger partial charge < -0.3 is 20.4 Å². The fourth-order valence-electron chi connectivity index (χ4n) is 5.90. The van der Waals surface area contributed by atoms with Crippen LogP contribution in [0.15, 0.2) is 24.3 Å². The molecule has 1 saturated carbocycles. The van der Waals surface area contributed by atoms with Gasteiger partial charge in [-0.15, -0.1) is 0 Å². The van der Waals surface area contributed by atoms with E-state index in [1.165, 1.54) is 6.42 Å². The number of hydrogen-bond donors (Lipinski definition) is 3. The summed E-state index contributed by atoms with van der Waals surface area (Å²) in [5, 5.41) is 23.5. The van der Waals surface area contributed by atoms with E-state index >= 15 is 0 Å². The molecule has 0 bridgehead atoms. The highest BCUT2D eigenvalue weighted by Gasteiger charge is 2.55. The van der Waals surface area contributed by atoms with Crippen LogP contribution in [0.2, 0.25) is 0 Å². The van der Waals surface area contributed by atoms with Gasteiger partial charge in [-0.05, 0) is 55.7 Å². The van der Waals surface area contributed by atoms with Crippen molar-refractivity contribution in [3.05, 3.63) is 29.8 Å². The molecule has 2 amide bonds. The molecule has 2 atom stereocenters. The number of likely N-dealkylation sites (tertiary alicyclic amines) is 1. The molecule has 2 aliphatic heterocycles. The van der Waals surface area contributed by atoms with E-state index < -0.39 is 17.7 Å². The van der Waals surface area contributed by atoms with Gasteiger partial charge in [0.05, 0.1) is 6.10 Å². The summed E-state index contributed by atoms with van der Waals surface area (Å²) in [4.78, 5) is 31.3. The number of unbranched alkanes of at least 4 members (excludes halogenated alkanes) is 1. The zero-order chi connectivity index (χ0) is 23.4. The summed E-state index contributed by atoms with van der Waals surface area (Å²) in [5.74, 6) is 0.142. The van der Waals surface area contributed by atoms with Crippen molar-refractivity contribution in [3.8, 4) is 5.75 Å². The second-order valence-electron chi connectivity index (χ2n) is 10.2. The second-order valence-corrected chi connectivity index (χ2v) is 10.2. The highest BCUT2D eigenvalue weighted by molar-refractivity contribution is 6.00. The third kappa shape index (κ3) is 5.04. The molecule has 3 N–H and O–H groups in total. The Hall–Kier alpha value is -2.12. The number of phenols is 1. The maximum Gasteiger partial charge on any atom is 0.248 e. The van der Waals surface area contributed by atoms with Gasteiger partial charge in [-0.2, -0.15) is 0 Å². The first-order valence-electron chi connectivity index (χ1n) is 12.8. The lowest BCUT2D eigenvalue weighted by Crippen LogP contribution is -2.75. The molecule has 182 valence electrons. The second kappa shape index (κ2) is 10.4. The number of aliphatic hydroxyl groups is 1. The van der Waals surface area contributed by atoms with Crippen molar-refractivity contribution in [1.29, 1.82) is 0 Å². The van der Waals surface area contributed by atoms with Crippen LogP contribution in [0.4, 0.5) is 0 Å². The van der Waals surface area contributed by atoms with E-state index in [1.54, 1.807) is 12.1 Å². The van der Waals surface area contributed by atoms with Crippen LogP contribution in [0.25, 0.3) is 0 Å². The van der Waals surface area contributed by atoms with Gasteiger partial charge in [-0.3, -0.25) is 14.5 Å². The highest BCUT2D eigenvalue weighted by Crippen LogP contribution is 2.36. The average molecular weight is 458 g/mol. The standard InChI is InChI=1S/C26H39N3O4/c1-2-3-15-29-24(32)22(23(31)20-7-5-4-6-8-20)27-25(33)26(29)13-16-28(17-14-26)18-19-9-11-21(30)12-10-19/h9-12,20,22-23,30-31H,2-8,13-18H2,1H3,(H,27,33)/t22-,23-/m1/s1. The smallest absolute Gasteiger partial charge is 0.248 e. The number of benzene rings is 1. The van der Waals surface area contributed by atoms with Gasteiger partial charge in [0.15, 0.2) is 0 Å². The molecule has 2 saturated heterocycles. The number of piperidine rings is 1. The SMILES string of the molecule is CCCCN1C(=O)[C@@H]([C@H](O)C2CCCCC2)NC(=O)C12CCN(Cc1ccc(O)cc1)CC2. The van der Waals surface area contributed by atoms with Crippen molar-refractivity contribution in [2.45, 2.75) is 88.9 Å². The maximum atomic E-state index is 13.7. The molecule has 0 unspecified atom stereocenters. The third-order valence-corrected chi connectivity index (χ3v) is 7.99. The summed E-state index contributed by atoms with van der Waals surface area (Å²) in [7, 11) is 0. The topological polar surface area (TPSA) is 93.1 Å². The Kier molecular flexibility index (Phi) is 7.59. The molecule has 0 radical (unpaired) electrons. The number of nitrogens with zero attached hydrogens (tertiary/aromatic N) is 2. The molecule has 33 heavy (non-hydrogen) atoms. The van der Waals surface area contributed by atoms with E-state index in [0.717, 1.165) is 63.7 Å². The van der Waals surface area contributed by atoms with Gasteiger partial charge in [0.25, 0.3) is 0 Å². The Morgan fingerprint density at radius 3 is 2.39 bits per heavy atom. The number of phenolic OH excluding ortho intramolecular Hbond substituents is 1. The molecule has 2 heterocycles. The van der Waals surface area contributed by atoms with Crippen LogP contribution in [0.1, 0.15) is 70.3 Å². The number of amides is 2. The Morgan fingerprint density at radius 1 is 1.09 bits per heavy atom. The number of piperazine rings is 1. The van der Waals surface area contributed by atoms with Gasteiger partial charge in [0, 0.05) is 26.2 Å². The Bertz CT molecular complexity index is 813. The van der Waals surface area contributed by atoms with E-state index in [-0.39, 0.29) is 23.5 Å². The lowest BCUT2D eigenvalue weighted by Gasteiger charge is -2.52. The van der Waals surface area contributed by atoms with Crippen LogP contribution in [0.5, 0.6) is 5.75 Å². The summed E-state index contributed by atoms with van der Waals surface area (Å²) >= 11 is 0.